The Morgan fingerprint density at radius 3 is 2.54 bits per heavy atom. The SMILES string of the molecule is CCc1ccc2c(c1)CCC(NC(=O)c1ccc(NCC3CCCC3)cc1)C2. The minimum absolute atomic E-state index is 0.0426. The van der Waals surface area contributed by atoms with Crippen LogP contribution in [0, 0.1) is 5.92 Å². The van der Waals surface area contributed by atoms with Crippen LogP contribution in [0.2, 0.25) is 0 Å². The van der Waals surface area contributed by atoms with E-state index in [9.17, 15) is 4.79 Å². The Kier molecular flexibility index (Phi) is 5.99. The van der Waals surface area contributed by atoms with Crippen molar-refractivity contribution in [2.75, 3.05) is 11.9 Å². The predicted octanol–water partition coefficient (Wildman–Crippen LogP) is 5.14. The number of amides is 1. The number of anilines is 1. The molecule has 2 aliphatic carbocycles. The van der Waals surface area contributed by atoms with Crippen LogP contribution in [0.3, 0.4) is 0 Å². The van der Waals surface area contributed by atoms with Crippen LogP contribution in [0.25, 0.3) is 0 Å². The number of fused-ring (bicyclic) bond motifs is 1. The van der Waals surface area contributed by atoms with Gasteiger partial charge in [0.2, 0.25) is 0 Å². The van der Waals surface area contributed by atoms with Crippen molar-refractivity contribution < 1.29 is 4.79 Å². The van der Waals surface area contributed by atoms with Crippen molar-refractivity contribution in [1.29, 1.82) is 0 Å². The molecule has 1 amide bonds. The third-order valence-corrected chi connectivity index (χ3v) is 6.46. The van der Waals surface area contributed by atoms with Crippen molar-refractivity contribution in [2.24, 2.45) is 5.92 Å². The fraction of sp³-hybridized carbons (Fsp3) is 0.480. The molecule has 1 unspecified atom stereocenters. The molecular weight excluding hydrogens is 344 g/mol. The quantitative estimate of drug-likeness (QED) is 0.733. The highest BCUT2D eigenvalue weighted by Gasteiger charge is 2.21. The maximum Gasteiger partial charge on any atom is 0.251 e. The summed E-state index contributed by atoms with van der Waals surface area (Å²) in [6.07, 6.45) is 9.53. The van der Waals surface area contributed by atoms with E-state index in [1.807, 2.05) is 24.3 Å². The first-order valence-corrected chi connectivity index (χ1v) is 11.0. The summed E-state index contributed by atoms with van der Waals surface area (Å²) < 4.78 is 0. The number of aryl methyl sites for hydroxylation is 2. The molecule has 4 rings (SSSR count). The van der Waals surface area contributed by atoms with Gasteiger partial charge in [0.1, 0.15) is 0 Å². The molecule has 2 N–H and O–H groups in total. The van der Waals surface area contributed by atoms with E-state index in [4.69, 9.17) is 0 Å². The molecule has 1 saturated carbocycles. The maximum absolute atomic E-state index is 12.7. The van der Waals surface area contributed by atoms with Gasteiger partial charge in [-0.15, -0.1) is 0 Å². The Balaban J connectivity index is 1.30. The van der Waals surface area contributed by atoms with E-state index in [1.54, 1.807) is 0 Å². The van der Waals surface area contributed by atoms with Crippen molar-refractivity contribution in [3.8, 4) is 0 Å². The van der Waals surface area contributed by atoms with E-state index in [0.717, 1.165) is 49.4 Å². The van der Waals surface area contributed by atoms with E-state index >= 15 is 0 Å². The zero-order valence-electron chi connectivity index (χ0n) is 17.0. The first-order chi connectivity index (χ1) is 13.7. The minimum Gasteiger partial charge on any atom is -0.385 e. The second kappa shape index (κ2) is 8.81. The molecular formula is C25H32N2O. The molecule has 28 heavy (non-hydrogen) atoms. The van der Waals surface area contributed by atoms with Crippen molar-refractivity contribution in [3.05, 3.63) is 64.7 Å². The number of carbonyl (C=O) groups excluding carboxylic acids is 1. The molecule has 2 aromatic carbocycles. The van der Waals surface area contributed by atoms with Crippen LogP contribution in [-0.2, 0) is 19.3 Å². The van der Waals surface area contributed by atoms with E-state index in [1.165, 1.54) is 42.4 Å². The Labute approximate surface area is 168 Å². The van der Waals surface area contributed by atoms with Gasteiger partial charge in [-0.2, -0.15) is 0 Å². The lowest BCUT2D eigenvalue weighted by molar-refractivity contribution is 0.0933. The smallest absolute Gasteiger partial charge is 0.251 e. The molecule has 1 fully saturated rings. The molecule has 0 aliphatic heterocycles. The van der Waals surface area contributed by atoms with Gasteiger partial charge >= 0.3 is 0 Å². The molecule has 2 aliphatic rings. The molecule has 0 heterocycles. The van der Waals surface area contributed by atoms with E-state index in [2.05, 4.69) is 35.8 Å². The molecule has 0 radical (unpaired) electrons. The summed E-state index contributed by atoms with van der Waals surface area (Å²) >= 11 is 0. The molecule has 148 valence electrons. The standard InChI is InChI=1S/C25H32N2O/c1-2-18-7-8-22-16-24(14-11-21(22)15-18)27-25(28)20-9-12-23(13-10-20)26-17-19-5-3-4-6-19/h7-10,12-13,15,19,24,26H,2-6,11,14,16-17H2,1H3,(H,27,28). The van der Waals surface area contributed by atoms with Gasteiger partial charge in [0, 0.05) is 23.8 Å². The van der Waals surface area contributed by atoms with Crippen LogP contribution >= 0.6 is 0 Å². The van der Waals surface area contributed by atoms with Crippen molar-refractivity contribution in [2.45, 2.75) is 64.3 Å². The Bertz CT molecular complexity index is 806. The van der Waals surface area contributed by atoms with Crippen LogP contribution in [0.1, 0.15) is 66.1 Å². The summed E-state index contributed by atoms with van der Waals surface area (Å²) in [6, 6.07) is 15.0. The fourth-order valence-electron chi connectivity index (χ4n) is 4.64. The summed E-state index contributed by atoms with van der Waals surface area (Å²) in [6.45, 7) is 3.25. The van der Waals surface area contributed by atoms with Gasteiger partial charge in [-0.05, 0) is 85.4 Å². The molecule has 0 spiro atoms. The summed E-state index contributed by atoms with van der Waals surface area (Å²) in [7, 11) is 0. The number of benzene rings is 2. The van der Waals surface area contributed by atoms with Gasteiger partial charge in [0.05, 0.1) is 0 Å². The van der Waals surface area contributed by atoms with E-state index in [-0.39, 0.29) is 11.9 Å². The molecule has 1 atom stereocenters. The number of rotatable bonds is 6. The minimum atomic E-state index is 0.0426. The number of hydrogen-bond donors (Lipinski definition) is 2. The monoisotopic (exact) mass is 376 g/mol. The highest BCUT2D eigenvalue weighted by atomic mass is 16.1. The summed E-state index contributed by atoms with van der Waals surface area (Å²) in [5.74, 6) is 0.853. The van der Waals surface area contributed by atoms with Crippen molar-refractivity contribution in [1.82, 2.24) is 5.32 Å². The van der Waals surface area contributed by atoms with E-state index < -0.39 is 0 Å². The van der Waals surface area contributed by atoms with Crippen LogP contribution in [0.4, 0.5) is 5.69 Å². The van der Waals surface area contributed by atoms with Gasteiger partial charge in [-0.3, -0.25) is 4.79 Å². The molecule has 0 aromatic heterocycles. The molecule has 2 aromatic rings. The van der Waals surface area contributed by atoms with Gasteiger partial charge < -0.3 is 10.6 Å². The maximum atomic E-state index is 12.7. The second-order valence-corrected chi connectivity index (χ2v) is 8.48. The largest absolute Gasteiger partial charge is 0.385 e. The Morgan fingerprint density at radius 1 is 1.00 bits per heavy atom. The first kappa shape index (κ1) is 19.0. The topological polar surface area (TPSA) is 41.1 Å². The summed E-state index contributed by atoms with van der Waals surface area (Å²) in [5, 5.41) is 6.76. The molecule has 3 heteroatoms. The lowest BCUT2D eigenvalue weighted by atomic mass is 9.87. The summed E-state index contributed by atoms with van der Waals surface area (Å²) in [4.78, 5) is 12.7. The number of hydrogen-bond acceptors (Lipinski definition) is 2. The highest BCUT2D eigenvalue weighted by molar-refractivity contribution is 5.94. The molecule has 0 saturated heterocycles. The first-order valence-electron chi connectivity index (χ1n) is 11.0. The average molecular weight is 377 g/mol. The molecule has 3 nitrogen and oxygen atoms in total. The van der Waals surface area contributed by atoms with Crippen LogP contribution in [0.5, 0.6) is 0 Å². The Hall–Kier alpha value is -2.29. The zero-order valence-corrected chi connectivity index (χ0v) is 17.0. The number of carbonyl (C=O) groups is 1. The third-order valence-electron chi connectivity index (χ3n) is 6.46. The van der Waals surface area contributed by atoms with Crippen LogP contribution < -0.4 is 10.6 Å². The van der Waals surface area contributed by atoms with Crippen LogP contribution in [-0.4, -0.2) is 18.5 Å². The summed E-state index contributed by atoms with van der Waals surface area (Å²) in [5.41, 5.74) is 6.12. The van der Waals surface area contributed by atoms with Gasteiger partial charge in [-0.1, -0.05) is 38.0 Å². The lowest BCUT2D eigenvalue weighted by Crippen LogP contribution is -2.38. The van der Waals surface area contributed by atoms with Crippen LogP contribution in [0.15, 0.2) is 42.5 Å². The molecule has 0 bridgehead atoms. The van der Waals surface area contributed by atoms with Gasteiger partial charge in [0.15, 0.2) is 0 Å². The zero-order chi connectivity index (χ0) is 19.3. The van der Waals surface area contributed by atoms with Gasteiger partial charge in [-0.25, -0.2) is 0 Å². The van der Waals surface area contributed by atoms with E-state index in [0.29, 0.717) is 0 Å². The predicted molar refractivity (Wildman–Crippen MR) is 116 cm³/mol. The highest BCUT2D eigenvalue weighted by Crippen LogP contribution is 2.25. The van der Waals surface area contributed by atoms with Crippen molar-refractivity contribution in [3.63, 3.8) is 0 Å². The lowest BCUT2D eigenvalue weighted by Gasteiger charge is -2.26. The normalized spacial score (nSPS) is 19.2. The average Bonchev–Trinajstić information content (AvgIpc) is 3.26. The fourth-order valence-corrected chi connectivity index (χ4v) is 4.64. The Morgan fingerprint density at radius 2 is 1.79 bits per heavy atom. The number of nitrogens with one attached hydrogen (secondary N) is 2. The van der Waals surface area contributed by atoms with Crippen molar-refractivity contribution >= 4 is 11.6 Å². The third kappa shape index (κ3) is 4.57. The van der Waals surface area contributed by atoms with Gasteiger partial charge in [0.25, 0.3) is 5.91 Å². The second-order valence-electron chi connectivity index (χ2n) is 8.48.